The first-order valence-electron chi connectivity index (χ1n) is 8.88. The zero-order chi connectivity index (χ0) is 22.3. The van der Waals surface area contributed by atoms with Gasteiger partial charge in [0.1, 0.15) is 5.82 Å². The summed E-state index contributed by atoms with van der Waals surface area (Å²) in [4.78, 5) is 27.7. The molecule has 0 bridgehead atoms. The van der Waals surface area contributed by atoms with Crippen LogP contribution < -0.4 is 19.5 Å². The molecule has 2 heterocycles. The van der Waals surface area contributed by atoms with Gasteiger partial charge in [-0.15, -0.1) is 0 Å². The minimum absolute atomic E-state index is 0.0957. The van der Waals surface area contributed by atoms with Gasteiger partial charge in [-0.1, -0.05) is 0 Å². The molecule has 164 valence electrons. The first kappa shape index (κ1) is 23.0. The minimum atomic E-state index is -3.42. The van der Waals surface area contributed by atoms with Crippen LogP contribution in [0.25, 0.3) is 11.3 Å². The molecule has 2 rings (SSSR count). The molecule has 0 atom stereocenters. The summed E-state index contributed by atoms with van der Waals surface area (Å²) in [5, 5.41) is 2.35. The molecule has 10 nitrogen and oxygen atoms in total. The van der Waals surface area contributed by atoms with Gasteiger partial charge in [0.25, 0.3) is 0 Å². The van der Waals surface area contributed by atoms with Gasteiger partial charge in [-0.05, 0) is 20.8 Å². The standard InChI is InChI=1S/C18H23F2N5O5/c1-10(2)22-17(26)30-9-18(19,20)8-29-14-6-13(23-11(3)24-14)12-7-21-16(28-5)25-15(12)27-4/h6-7,10H,8-9H2,1-5H3,(H,22,26). The van der Waals surface area contributed by atoms with E-state index in [0.717, 1.165) is 0 Å². The number of hydrogen-bond donors (Lipinski definition) is 1. The third kappa shape index (κ3) is 6.64. The molecule has 0 aromatic carbocycles. The van der Waals surface area contributed by atoms with E-state index in [-0.39, 0.29) is 29.6 Å². The summed E-state index contributed by atoms with van der Waals surface area (Å²) < 4.78 is 47.8. The van der Waals surface area contributed by atoms with Gasteiger partial charge in [0.15, 0.2) is 13.2 Å². The predicted octanol–water partition coefficient (Wildman–Crippen LogP) is 2.41. The van der Waals surface area contributed by atoms with E-state index in [1.807, 2.05) is 0 Å². The van der Waals surface area contributed by atoms with Gasteiger partial charge < -0.3 is 24.3 Å². The fourth-order valence-corrected chi connectivity index (χ4v) is 2.20. The van der Waals surface area contributed by atoms with Crippen molar-refractivity contribution in [1.82, 2.24) is 25.3 Å². The zero-order valence-electron chi connectivity index (χ0n) is 17.2. The van der Waals surface area contributed by atoms with E-state index in [1.165, 1.54) is 26.5 Å². The van der Waals surface area contributed by atoms with E-state index in [4.69, 9.17) is 14.2 Å². The van der Waals surface area contributed by atoms with Gasteiger partial charge in [-0.3, -0.25) is 0 Å². The highest BCUT2D eigenvalue weighted by Gasteiger charge is 2.33. The third-order valence-electron chi connectivity index (χ3n) is 3.45. The topological polar surface area (TPSA) is 118 Å². The lowest BCUT2D eigenvalue weighted by Gasteiger charge is -2.18. The van der Waals surface area contributed by atoms with Crippen molar-refractivity contribution in [3.05, 3.63) is 18.1 Å². The van der Waals surface area contributed by atoms with Crippen LogP contribution >= 0.6 is 0 Å². The Morgan fingerprint density at radius 3 is 2.53 bits per heavy atom. The van der Waals surface area contributed by atoms with Crippen LogP contribution in [0.15, 0.2) is 12.3 Å². The number of halogens is 2. The molecule has 12 heteroatoms. The van der Waals surface area contributed by atoms with Crippen molar-refractivity contribution in [1.29, 1.82) is 0 Å². The second-order valence-corrected chi connectivity index (χ2v) is 6.44. The number of carbonyl (C=O) groups is 1. The Morgan fingerprint density at radius 2 is 1.90 bits per heavy atom. The molecule has 0 aliphatic rings. The van der Waals surface area contributed by atoms with Crippen LogP contribution in [0.3, 0.4) is 0 Å². The predicted molar refractivity (Wildman–Crippen MR) is 101 cm³/mol. The van der Waals surface area contributed by atoms with E-state index in [1.54, 1.807) is 20.8 Å². The average molecular weight is 427 g/mol. The molecule has 30 heavy (non-hydrogen) atoms. The summed E-state index contributed by atoms with van der Waals surface area (Å²) in [6.07, 6.45) is 0.489. The molecular formula is C18H23F2N5O5. The average Bonchev–Trinajstić information content (AvgIpc) is 2.69. The maximum absolute atomic E-state index is 14.0. The van der Waals surface area contributed by atoms with Crippen molar-refractivity contribution in [3.63, 3.8) is 0 Å². The summed E-state index contributed by atoms with van der Waals surface area (Å²) in [5.74, 6) is -3.06. The Labute approximate surface area is 172 Å². The molecule has 0 aliphatic carbocycles. The molecule has 0 unspecified atom stereocenters. The van der Waals surface area contributed by atoms with Crippen LogP contribution in [0.5, 0.6) is 17.8 Å². The Balaban J connectivity index is 2.11. The molecule has 1 amide bonds. The number of hydrogen-bond acceptors (Lipinski definition) is 9. The Hall–Kier alpha value is -3.31. The molecule has 0 aliphatic heterocycles. The lowest BCUT2D eigenvalue weighted by Crippen LogP contribution is -2.37. The van der Waals surface area contributed by atoms with Crippen molar-refractivity contribution in [2.24, 2.45) is 0 Å². The number of amides is 1. The highest BCUT2D eigenvalue weighted by Crippen LogP contribution is 2.29. The number of aryl methyl sites for hydroxylation is 1. The number of alkyl halides is 2. The monoisotopic (exact) mass is 427 g/mol. The van der Waals surface area contributed by atoms with Crippen LogP contribution in [0, 0.1) is 6.92 Å². The highest BCUT2D eigenvalue weighted by molar-refractivity contribution is 5.67. The van der Waals surface area contributed by atoms with Crippen LogP contribution in [-0.2, 0) is 4.74 Å². The fraction of sp³-hybridized carbons (Fsp3) is 0.500. The summed E-state index contributed by atoms with van der Waals surface area (Å²) in [7, 11) is 2.82. The van der Waals surface area contributed by atoms with Crippen LogP contribution in [-0.4, -0.2) is 65.4 Å². The van der Waals surface area contributed by atoms with Crippen molar-refractivity contribution in [2.75, 3.05) is 27.4 Å². The van der Waals surface area contributed by atoms with Crippen molar-refractivity contribution < 1.29 is 32.5 Å². The molecule has 2 aromatic rings. The molecule has 0 fully saturated rings. The number of nitrogens with one attached hydrogen (secondary N) is 1. The number of rotatable bonds is 9. The number of carbonyl (C=O) groups excluding carboxylic acids is 1. The van der Waals surface area contributed by atoms with Crippen LogP contribution in [0.1, 0.15) is 19.7 Å². The molecule has 2 aromatic heterocycles. The smallest absolute Gasteiger partial charge is 0.407 e. The number of aromatic nitrogens is 4. The second-order valence-electron chi connectivity index (χ2n) is 6.44. The van der Waals surface area contributed by atoms with E-state index in [0.29, 0.717) is 11.3 Å². The highest BCUT2D eigenvalue weighted by atomic mass is 19.3. The lowest BCUT2D eigenvalue weighted by molar-refractivity contribution is -0.0839. The van der Waals surface area contributed by atoms with Gasteiger partial charge >= 0.3 is 18.0 Å². The van der Waals surface area contributed by atoms with Crippen molar-refractivity contribution in [3.8, 4) is 29.0 Å². The first-order chi connectivity index (χ1) is 14.1. The zero-order valence-corrected chi connectivity index (χ0v) is 17.2. The molecule has 0 radical (unpaired) electrons. The summed E-state index contributed by atoms with van der Waals surface area (Å²) in [6.45, 7) is 2.75. The van der Waals surface area contributed by atoms with E-state index < -0.39 is 25.2 Å². The fourth-order valence-electron chi connectivity index (χ4n) is 2.20. The minimum Gasteiger partial charge on any atom is -0.480 e. The number of nitrogens with zero attached hydrogens (tertiary/aromatic N) is 4. The van der Waals surface area contributed by atoms with E-state index in [9.17, 15) is 13.6 Å². The quantitative estimate of drug-likeness (QED) is 0.644. The normalized spacial score (nSPS) is 11.2. The van der Waals surface area contributed by atoms with E-state index >= 15 is 0 Å². The number of methoxy groups -OCH3 is 2. The Kier molecular flexibility index (Phi) is 7.61. The summed E-state index contributed by atoms with van der Waals surface area (Å²) in [6, 6.07) is 1.21. The van der Waals surface area contributed by atoms with Crippen LogP contribution in [0.2, 0.25) is 0 Å². The van der Waals surface area contributed by atoms with Gasteiger partial charge in [0.2, 0.25) is 11.8 Å². The van der Waals surface area contributed by atoms with Gasteiger partial charge in [0, 0.05) is 18.3 Å². The maximum atomic E-state index is 14.0. The van der Waals surface area contributed by atoms with Crippen molar-refractivity contribution in [2.45, 2.75) is 32.7 Å². The Morgan fingerprint density at radius 1 is 1.17 bits per heavy atom. The number of ether oxygens (including phenoxy) is 4. The Bertz CT molecular complexity index is 882. The molecule has 0 saturated carbocycles. The van der Waals surface area contributed by atoms with Gasteiger partial charge in [0.05, 0.1) is 25.5 Å². The molecule has 1 N–H and O–H groups in total. The summed E-state index contributed by atoms with van der Waals surface area (Å²) in [5.41, 5.74) is 0.710. The lowest BCUT2D eigenvalue weighted by atomic mass is 10.2. The SMILES string of the molecule is COc1ncc(-c2cc(OCC(F)(F)COC(=O)NC(C)C)nc(C)n2)c(OC)n1. The molecule has 0 spiro atoms. The van der Waals surface area contributed by atoms with Crippen molar-refractivity contribution >= 4 is 6.09 Å². The van der Waals surface area contributed by atoms with Gasteiger partial charge in [-0.25, -0.2) is 14.8 Å². The first-order valence-corrected chi connectivity index (χ1v) is 8.88. The number of alkyl carbamates (subject to hydrolysis) is 1. The maximum Gasteiger partial charge on any atom is 0.407 e. The third-order valence-corrected chi connectivity index (χ3v) is 3.45. The van der Waals surface area contributed by atoms with Gasteiger partial charge in [-0.2, -0.15) is 18.7 Å². The largest absolute Gasteiger partial charge is 0.480 e. The second kappa shape index (κ2) is 9.94. The molecule has 0 saturated heterocycles. The summed E-state index contributed by atoms with van der Waals surface area (Å²) >= 11 is 0. The van der Waals surface area contributed by atoms with E-state index in [2.05, 4.69) is 30.0 Å². The van der Waals surface area contributed by atoms with Crippen LogP contribution in [0.4, 0.5) is 13.6 Å². The molecular weight excluding hydrogens is 404 g/mol.